The molecule has 3 aromatic rings. The Hall–Kier alpha value is -2.21. The molecule has 0 bridgehead atoms. The van der Waals surface area contributed by atoms with Crippen molar-refractivity contribution >= 4 is 33.2 Å². The molecule has 2 aromatic carbocycles. The monoisotopic (exact) mass is 556 g/mol. The molecule has 192 valence electrons. The number of ether oxygens (including phenoxy) is 2. The Labute approximate surface area is 216 Å². The number of sulfone groups is 1. The van der Waals surface area contributed by atoms with Gasteiger partial charge < -0.3 is 14.0 Å². The average molecular weight is 557 g/mol. The number of nitrogens with zero attached hydrogens (tertiary/aromatic N) is 2. The highest BCUT2D eigenvalue weighted by Gasteiger charge is 2.61. The first kappa shape index (κ1) is 25.4. The predicted octanol–water partition coefficient (Wildman–Crippen LogP) is 5.10. The van der Waals surface area contributed by atoms with Gasteiger partial charge in [-0.05, 0) is 55.0 Å². The lowest BCUT2D eigenvalue weighted by Crippen LogP contribution is -2.57. The zero-order chi connectivity index (χ0) is 25.5. The minimum Gasteiger partial charge on any atom is -0.490 e. The predicted molar refractivity (Wildman–Crippen MR) is 130 cm³/mol. The van der Waals surface area contributed by atoms with Crippen molar-refractivity contribution in [2.45, 2.75) is 41.3 Å². The van der Waals surface area contributed by atoms with Crippen LogP contribution in [0.3, 0.4) is 0 Å². The largest absolute Gasteiger partial charge is 0.490 e. The molecule has 5 rings (SSSR count). The molecule has 2 aliphatic heterocycles. The van der Waals surface area contributed by atoms with Crippen LogP contribution in [0.15, 0.2) is 45.8 Å². The quantitative estimate of drug-likeness (QED) is 0.371. The maximum atomic E-state index is 15.4. The number of aromatic nitrogens is 2. The van der Waals surface area contributed by atoms with Crippen LogP contribution in [0.2, 0.25) is 5.02 Å². The fraction of sp³-hybridized carbons (Fsp3) is 0.417. The van der Waals surface area contributed by atoms with Gasteiger partial charge in [-0.25, -0.2) is 17.2 Å². The fourth-order valence-electron chi connectivity index (χ4n) is 5.10. The van der Waals surface area contributed by atoms with E-state index in [1.165, 1.54) is 24.3 Å². The number of hydrogen-bond donors (Lipinski definition) is 0. The van der Waals surface area contributed by atoms with Crippen LogP contribution in [-0.2, 0) is 25.1 Å². The summed E-state index contributed by atoms with van der Waals surface area (Å²) in [5.74, 6) is -0.581. The van der Waals surface area contributed by atoms with E-state index in [0.717, 1.165) is 12.1 Å². The minimum absolute atomic E-state index is 0.0177. The molecule has 2 aliphatic rings. The van der Waals surface area contributed by atoms with Crippen molar-refractivity contribution in [2.75, 3.05) is 19.0 Å². The first-order chi connectivity index (χ1) is 17.2. The summed E-state index contributed by atoms with van der Waals surface area (Å²) in [7, 11) is -4.22. The first-order valence-corrected chi connectivity index (χ1v) is 14.4. The number of aryl methyl sites for hydroxylation is 1. The Bertz CT molecular complexity index is 1370. The highest BCUT2D eigenvalue weighted by atomic mass is 35.5. The summed E-state index contributed by atoms with van der Waals surface area (Å²) < 4.78 is 73.6. The van der Waals surface area contributed by atoms with Gasteiger partial charge in [0.2, 0.25) is 5.89 Å². The van der Waals surface area contributed by atoms with Crippen LogP contribution in [0.25, 0.3) is 0 Å². The van der Waals surface area contributed by atoms with Gasteiger partial charge in [0.15, 0.2) is 27.2 Å². The van der Waals surface area contributed by atoms with Crippen molar-refractivity contribution in [3.8, 4) is 5.75 Å². The van der Waals surface area contributed by atoms with Gasteiger partial charge >= 0.3 is 0 Å². The first-order valence-electron chi connectivity index (χ1n) is 11.3. The van der Waals surface area contributed by atoms with Crippen LogP contribution in [0.4, 0.5) is 8.78 Å². The number of benzene rings is 2. The molecular formula is C24H23ClF2N2O5S2. The topological polar surface area (TPSA) is 91.5 Å². The Morgan fingerprint density at radius 1 is 1.17 bits per heavy atom. The van der Waals surface area contributed by atoms with E-state index in [0.29, 0.717) is 34.7 Å². The van der Waals surface area contributed by atoms with E-state index in [4.69, 9.17) is 25.6 Å². The molecule has 36 heavy (non-hydrogen) atoms. The third kappa shape index (κ3) is 4.29. The van der Waals surface area contributed by atoms with Crippen LogP contribution in [-0.4, -0.2) is 43.6 Å². The van der Waals surface area contributed by atoms with E-state index in [9.17, 15) is 12.8 Å². The van der Waals surface area contributed by atoms with Crippen LogP contribution in [0, 0.1) is 24.5 Å². The second-order valence-corrected chi connectivity index (χ2v) is 12.5. The van der Waals surface area contributed by atoms with Crippen molar-refractivity contribution < 1.29 is 31.2 Å². The molecule has 3 atom stereocenters. The lowest BCUT2D eigenvalue weighted by molar-refractivity contribution is -0.0731. The molecule has 0 spiro atoms. The lowest BCUT2D eigenvalue weighted by Gasteiger charge is -2.50. The standard InChI is InChI=1S/C24H23ClF2N2O5S2/c1-14-28-21(29-34-14)13-35-11-8-20-17-12-33-23-19(27)7-6-18(26)22(23)24(17,9-10-32-20)36(30,31)16-4-2-15(25)3-5-16/h2-7,17,20H,8-13H2,1H3/t17-,20-,24-/m0/s1. The van der Waals surface area contributed by atoms with Crippen molar-refractivity contribution in [3.05, 3.63) is 70.3 Å². The lowest BCUT2D eigenvalue weighted by atomic mass is 9.75. The normalized spacial score (nSPS) is 23.6. The average Bonchev–Trinajstić information content (AvgIpc) is 3.28. The van der Waals surface area contributed by atoms with Crippen molar-refractivity contribution in [3.63, 3.8) is 0 Å². The van der Waals surface area contributed by atoms with Crippen LogP contribution in [0.1, 0.15) is 30.1 Å². The highest BCUT2D eigenvalue weighted by Crippen LogP contribution is 2.56. The van der Waals surface area contributed by atoms with Gasteiger partial charge in [0.1, 0.15) is 10.6 Å². The Balaban J connectivity index is 1.52. The Kier molecular flexibility index (Phi) is 7.01. The van der Waals surface area contributed by atoms with Gasteiger partial charge in [-0.1, -0.05) is 16.8 Å². The highest BCUT2D eigenvalue weighted by molar-refractivity contribution is 7.98. The number of fused-ring (bicyclic) bond motifs is 3. The second kappa shape index (κ2) is 9.92. The van der Waals surface area contributed by atoms with E-state index >= 15 is 4.39 Å². The molecule has 1 fully saturated rings. The smallest absolute Gasteiger partial charge is 0.223 e. The van der Waals surface area contributed by atoms with Gasteiger partial charge in [-0.2, -0.15) is 16.7 Å². The van der Waals surface area contributed by atoms with Crippen molar-refractivity contribution in [1.29, 1.82) is 0 Å². The third-order valence-electron chi connectivity index (χ3n) is 6.69. The zero-order valence-corrected chi connectivity index (χ0v) is 21.6. The van der Waals surface area contributed by atoms with Crippen LogP contribution < -0.4 is 4.74 Å². The van der Waals surface area contributed by atoms with Gasteiger partial charge in [0, 0.05) is 24.5 Å². The SMILES string of the molecule is Cc1nc(CSCC[C@@H]2OCC[C@@]3(S(=O)(=O)c4ccc(Cl)cc4)c4c(F)ccc(F)c4OC[C@@H]23)no1. The maximum absolute atomic E-state index is 15.4. The molecule has 0 unspecified atom stereocenters. The Morgan fingerprint density at radius 3 is 2.64 bits per heavy atom. The summed E-state index contributed by atoms with van der Waals surface area (Å²) >= 11 is 7.53. The van der Waals surface area contributed by atoms with E-state index < -0.39 is 38.2 Å². The molecule has 0 aliphatic carbocycles. The summed E-state index contributed by atoms with van der Waals surface area (Å²) in [6.45, 7) is 1.65. The molecule has 12 heteroatoms. The van der Waals surface area contributed by atoms with Gasteiger partial charge in [0.25, 0.3) is 0 Å². The van der Waals surface area contributed by atoms with Crippen molar-refractivity contribution in [1.82, 2.24) is 10.1 Å². The van der Waals surface area contributed by atoms with E-state index in [-0.39, 0.29) is 35.8 Å². The summed E-state index contributed by atoms with van der Waals surface area (Å²) in [4.78, 5) is 4.15. The third-order valence-corrected chi connectivity index (χ3v) is 10.5. The van der Waals surface area contributed by atoms with E-state index in [1.807, 2.05) is 0 Å². The second-order valence-electron chi connectivity index (χ2n) is 8.73. The zero-order valence-electron chi connectivity index (χ0n) is 19.2. The van der Waals surface area contributed by atoms with Gasteiger partial charge in [-0.3, -0.25) is 0 Å². The number of rotatable bonds is 7. The molecular weight excluding hydrogens is 534 g/mol. The van der Waals surface area contributed by atoms with Crippen LogP contribution in [0.5, 0.6) is 5.75 Å². The molecule has 0 amide bonds. The summed E-state index contributed by atoms with van der Waals surface area (Å²) in [5.41, 5.74) is -0.267. The number of thioether (sulfide) groups is 1. The Morgan fingerprint density at radius 2 is 1.92 bits per heavy atom. The molecule has 0 radical (unpaired) electrons. The summed E-state index contributed by atoms with van der Waals surface area (Å²) in [6, 6.07) is 7.62. The summed E-state index contributed by atoms with van der Waals surface area (Å²) in [5, 5.41) is 4.23. The molecule has 1 aromatic heterocycles. The molecule has 0 N–H and O–H groups in total. The van der Waals surface area contributed by atoms with Crippen molar-refractivity contribution in [2.24, 2.45) is 5.92 Å². The van der Waals surface area contributed by atoms with E-state index in [1.54, 1.807) is 18.7 Å². The number of hydrogen-bond acceptors (Lipinski definition) is 8. The molecule has 7 nitrogen and oxygen atoms in total. The molecule has 3 heterocycles. The molecule has 0 saturated carbocycles. The molecule has 1 saturated heterocycles. The summed E-state index contributed by atoms with van der Waals surface area (Å²) in [6.07, 6.45) is -0.124. The van der Waals surface area contributed by atoms with Gasteiger partial charge in [-0.15, -0.1) is 0 Å². The van der Waals surface area contributed by atoms with E-state index in [2.05, 4.69) is 10.1 Å². The fourth-order valence-corrected chi connectivity index (χ4v) is 8.41. The number of halogens is 3. The minimum atomic E-state index is -4.22. The van der Waals surface area contributed by atoms with Gasteiger partial charge in [0.05, 0.1) is 28.9 Å². The van der Waals surface area contributed by atoms with Crippen LogP contribution >= 0.6 is 23.4 Å². The maximum Gasteiger partial charge on any atom is 0.223 e.